The molecule has 10 heteroatoms. The molecule has 0 saturated carbocycles. The summed E-state index contributed by atoms with van der Waals surface area (Å²) in [5.41, 5.74) is 3.15. The van der Waals surface area contributed by atoms with E-state index in [0.29, 0.717) is 32.4 Å². The Hall–Kier alpha value is -3.63. The van der Waals surface area contributed by atoms with Gasteiger partial charge in [0.15, 0.2) is 11.6 Å². The Kier molecular flexibility index (Phi) is 8.53. The van der Waals surface area contributed by atoms with E-state index in [-0.39, 0.29) is 40.4 Å². The van der Waals surface area contributed by atoms with Crippen LogP contribution in [0.15, 0.2) is 47.5 Å². The second-order valence-electron chi connectivity index (χ2n) is 8.44. The number of ether oxygens (including phenoxy) is 1. The lowest BCUT2D eigenvalue weighted by Gasteiger charge is -2.11. The molecule has 196 valence electrons. The summed E-state index contributed by atoms with van der Waals surface area (Å²) >= 11 is 2.29. The van der Waals surface area contributed by atoms with Gasteiger partial charge in [0.25, 0.3) is 0 Å². The summed E-state index contributed by atoms with van der Waals surface area (Å²) in [7, 11) is 0. The number of halogens is 1. The number of ketones is 1. The number of carbonyl (C=O) groups excluding carboxylic acids is 3. The fourth-order valence-electron chi connectivity index (χ4n) is 3.89. The van der Waals surface area contributed by atoms with Crippen LogP contribution in [0.2, 0.25) is 0 Å². The van der Waals surface area contributed by atoms with Crippen LogP contribution >= 0.6 is 23.1 Å². The quantitative estimate of drug-likeness (QED) is 0.110. The van der Waals surface area contributed by atoms with Crippen LogP contribution in [0.25, 0.3) is 22.3 Å². The smallest absolute Gasteiger partial charge is 0.341 e. The average molecular weight is 552 g/mol. The summed E-state index contributed by atoms with van der Waals surface area (Å²) in [6.45, 7) is 6.99. The highest BCUT2D eigenvalue weighted by molar-refractivity contribution is 8.00. The number of aromatic nitrogens is 2. The lowest BCUT2D eigenvalue weighted by Crippen LogP contribution is -2.16. The summed E-state index contributed by atoms with van der Waals surface area (Å²) < 4.78 is 18.6. The third kappa shape index (κ3) is 5.92. The van der Waals surface area contributed by atoms with E-state index in [1.54, 1.807) is 26.0 Å². The van der Waals surface area contributed by atoms with Crippen LogP contribution in [-0.4, -0.2) is 40.0 Å². The van der Waals surface area contributed by atoms with E-state index in [4.69, 9.17) is 9.72 Å². The van der Waals surface area contributed by atoms with E-state index >= 15 is 0 Å². The summed E-state index contributed by atoms with van der Waals surface area (Å²) in [4.78, 5) is 47.4. The maximum absolute atomic E-state index is 13.5. The zero-order valence-corrected chi connectivity index (χ0v) is 23.0. The standard InChI is InChI=1S/C28H26FN3O4S2/c1-5-17-7-12-21-20(13-17)26(32-25(30-21)18-8-10-19(29)11-9-18)37-14-22(34)31-27-23(28(35)36-6-2)15(3)24(38-27)16(4)33/h7-13H,5-6,14H2,1-4H3,(H,31,34). The summed E-state index contributed by atoms with van der Waals surface area (Å²) in [5.74, 6) is -1.07. The topological polar surface area (TPSA) is 98.2 Å². The minimum Gasteiger partial charge on any atom is -0.462 e. The monoisotopic (exact) mass is 551 g/mol. The Morgan fingerprint density at radius 1 is 1.08 bits per heavy atom. The number of carbonyl (C=O) groups is 3. The number of hydrogen-bond donors (Lipinski definition) is 1. The number of thioether (sulfide) groups is 1. The van der Waals surface area contributed by atoms with Gasteiger partial charge in [0.05, 0.1) is 28.3 Å². The molecule has 2 aromatic heterocycles. The van der Waals surface area contributed by atoms with Crippen LogP contribution in [0.4, 0.5) is 9.39 Å². The molecule has 0 bridgehead atoms. The van der Waals surface area contributed by atoms with Crippen molar-refractivity contribution in [1.29, 1.82) is 0 Å². The van der Waals surface area contributed by atoms with Gasteiger partial charge in [-0.05, 0) is 74.7 Å². The van der Waals surface area contributed by atoms with E-state index in [1.165, 1.54) is 30.8 Å². The lowest BCUT2D eigenvalue weighted by molar-refractivity contribution is -0.113. The van der Waals surface area contributed by atoms with Gasteiger partial charge in [-0.2, -0.15) is 0 Å². The van der Waals surface area contributed by atoms with Gasteiger partial charge in [-0.25, -0.2) is 19.2 Å². The maximum Gasteiger partial charge on any atom is 0.341 e. The molecule has 38 heavy (non-hydrogen) atoms. The van der Waals surface area contributed by atoms with Crippen LogP contribution in [-0.2, 0) is 16.0 Å². The second kappa shape index (κ2) is 11.8. The summed E-state index contributed by atoms with van der Waals surface area (Å²) in [6.07, 6.45) is 0.826. The Morgan fingerprint density at radius 3 is 2.47 bits per heavy atom. The predicted molar refractivity (Wildman–Crippen MR) is 149 cm³/mol. The van der Waals surface area contributed by atoms with Crippen molar-refractivity contribution in [1.82, 2.24) is 9.97 Å². The van der Waals surface area contributed by atoms with Gasteiger partial charge in [0, 0.05) is 10.9 Å². The zero-order chi connectivity index (χ0) is 27.4. The molecule has 0 aliphatic carbocycles. The number of aryl methyl sites for hydroxylation is 1. The van der Waals surface area contributed by atoms with E-state index in [2.05, 4.69) is 17.2 Å². The number of fused-ring (bicyclic) bond motifs is 1. The van der Waals surface area contributed by atoms with Gasteiger partial charge >= 0.3 is 5.97 Å². The van der Waals surface area contributed by atoms with Gasteiger partial charge < -0.3 is 10.1 Å². The molecule has 0 spiro atoms. The molecule has 0 aliphatic rings. The van der Waals surface area contributed by atoms with Crippen LogP contribution in [0.3, 0.4) is 0 Å². The van der Waals surface area contributed by atoms with Crippen LogP contribution in [0.5, 0.6) is 0 Å². The van der Waals surface area contributed by atoms with E-state index < -0.39 is 5.97 Å². The second-order valence-corrected chi connectivity index (χ2v) is 10.4. The Labute approximate surface area is 227 Å². The molecule has 1 N–H and O–H groups in total. The van der Waals surface area contributed by atoms with Crippen LogP contribution in [0, 0.1) is 12.7 Å². The number of hydrogen-bond acceptors (Lipinski definition) is 8. The molecule has 4 rings (SSSR count). The molecular weight excluding hydrogens is 525 g/mol. The number of benzene rings is 2. The molecule has 0 aliphatic heterocycles. The Morgan fingerprint density at radius 2 is 1.82 bits per heavy atom. The number of thiophene rings is 1. The number of amides is 1. The summed E-state index contributed by atoms with van der Waals surface area (Å²) in [5, 5.41) is 4.48. The van der Waals surface area contributed by atoms with Crippen molar-refractivity contribution in [2.75, 3.05) is 17.7 Å². The number of nitrogens with zero attached hydrogens (tertiary/aromatic N) is 2. The SMILES string of the molecule is CCOC(=O)c1c(NC(=O)CSc2nc(-c3ccc(F)cc3)nc3ccc(CC)cc23)sc(C(C)=O)c1C. The molecule has 2 heterocycles. The first-order valence-electron chi connectivity index (χ1n) is 12.0. The summed E-state index contributed by atoms with van der Waals surface area (Å²) in [6, 6.07) is 11.8. The third-order valence-corrected chi connectivity index (χ3v) is 8.07. The van der Waals surface area contributed by atoms with Crippen molar-refractivity contribution in [3.63, 3.8) is 0 Å². The van der Waals surface area contributed by atoms with Gasteiger partial charge in [-0.3, -0.25) is 9.59 Å². The molecule has 4 aromatic rings. The number of anilines is 1. The fraction of sp³-hybridized carbons (Fsp3) is 0.250. The van der Waals surface area contributed by atoms with Gasteiger partial charge in [0.1, 0.15) is 15.8 Å². The number of nitrogens with one attached hydrogen (secondary N) is 1. The van der Waals surface area contributed by atoms with Crippen molar-refractivity contribution >= 4 is 56.7 Å². The van der Waals surface area contributed by atoms with Gasteiger partial charge in [-0.1, -0.05) is 24.8 Å². The maximum atomic E-state index is 13.5. The first-order chi connectivity index (χ1) is 18.2. The molecule has 0 saturated heterocycles. The van der Waals surface area contributed by atoms with Crippen molar-refractivity contribution in [3.05, 3.63) is 69.8 Å². The minimum absolute atomic E-state index is 0.0000580. The molecule has 7 nitrogen and oxygen atoms in total. The van der Waals surface area contributed by atoms with E-state index in [0.717, 1.165) is 28.7 Å². The largest absolute Gasteiger partial charge is 0.462 e. The first kappa shape index (κ1) is 27.4. The first-order valence-corrected chi connectivity index (χ1v) is 13.8. The minimum atomic E-state index is -0.588. The number of esters is 1. The van der Waals surface area contributed by atoms with Crippen LogP contribution < -0.4 is 5.32 Å². The highest BCUT2D eigenvalue weighted by Gasteiger charge is 2.25. The van der Waals surface area contributed by atoms with E-state index in [1.807, 2.05) is 18.2 Å². The number of Topliss-reactive ketones (excluding diaryl/α,β-unsaturated/α-hetero) is 1. The lowest BCUT2D eigenvalue weighted by atomic mass is 10.1. The average Bonchev–Trinajstić information content (AvgIpc) is 3.23. The van der Waals surface area contributed by atoms with Crippen molar-refractivity contribution in [2.45, 2.75) is 39.1 Å². The molecule has 1 amide bonds. The van der Waals surface area contributed by atoms with Gasteiger partial charge in [0.2, 0.25) is 5.91 Å². The van der Waals surface area contributed by atoms with Gasteiger partial charge in [-0.15, -0.1) is 11.3 Å². The van der Waals surface area contributed by atoms with Crippen molar-refractivity contribution in [3.8, 4) is 11.4 Å². The molecule has 2 aromatic carbocycles. The predicted octanol–water partition coefficient (Wildman–Crippen LogP) is 6.48. The normalized spacial score (nSPS) is 11.0. The van der Waals surface area contributed by atoms with Crippen molar-refractivity contribution < 1.29 is 23.5 Å². The zero-order valence-electron chi connectivity index (χ0n) is 21.4. The highest BCUT2D eigenvalue weighted by atomic mass is 32.2. The molecule has 0 atom stereocenters. The van der Waals surface area contributed by atoms with E-state index in [9.17, 15) is 18.8 Å². The third-order valence-electron chi connectivity index (χ3n) is 5.77. The molecule has 0 radical (unpaired) electrons. The van der Waals surface area contributed by atoms with Crippen molar-refractivity contribution in [2.24, 2.45) is 0 Å². The fourth-order valence-corrected chi connectivity index (χ4v) is 5.80. The number of rotatable bonds is 9. The molecule has 0 fully saturated rings. The molecular formula is C28H26FN3O4S2. The Balaban J connectivity index is 1.63. The van der Waals surface area contributed by atoms with Crippen LogP contribution in [0.1, 0.15) is 51.9 Å². The highest BCUT2D eigenvalue weighted by Crippen LogP contribution is 2.35. The molecule has 0 unspecified atom stereocenters. The Bertz CT molecular complexity index is 1530.